The van der Waals surface area contributed by atoms with E-state index < -0.39 is 11.7 Å². The zero-order valence-corrected chi connectivity index (χ0v) is 31.8. The lowest BCUT2D eigenvalue weighted by atomic mass is 10.1. The van der Waals surface area contributed by atoms with Gasteiger partial charge in [-0.25, -0.2) is 4.39 Å². The molecular formula is C51H34F4N4O. The largest absolute Gasteiger partial charge is 0.456 e. The number of hydrogen-bond donors (Lipinski definition) is 0. The summed E-state index contributed by atoms with van der Waals surface area (Å²) >= 11 is 0. The molecule has 9 rings (SSSR count). The van der Waals surface area contributed by atoms with Crippen LogP contribution in [0.2, 0.25) is 0 Å². The topological polar surface area (TPSA) is 45.4 Å². The van der Waals surface area contributed by atoms with E-state index in [1.165, 1.54) is 24.3 Å². The highest BCUT2D eigenvalue weighted by Crippen LogP contribution is 2.40. The minimum Gasteiger partial charge on any atom is -0.456 e. The molecule has 0 aliphatic carbocycles. The third-order valence-corrected chi connectivity index (χ3v) is 10.1. The van der Waals surface area contributed by atoms with Gasteiger partial charge in [-0.1, -0.05) is 60.7 Å². The first-order valence-corrected chi connectivity index (χ1v) is 19.1. The van der Waals surface area contributed by atoms with Crippen molar-refractivity contribution in [2.24, 2.45) is 0 Å². The third kappa shape index (κ3) is 8.01. The smallest absolute Gasteiger partial charge is 0.416 e. The molecule has 6 aromatic carbocycles. The Labute approximate surface area is 344 Å². The fourth-order valence-corrected chi connectivity index (χ4v) is 7.08. The number of furan rings is 1. The molecule has 0 aliphatic heterocycles. The molecule has 0 spiro atoms. The standard InChI is InChI=1S/C51H34F4N4O/c52-40-17-25-44(26-18-40)59(46-28-30-48(57-34-46)36-9-5-2-6-10-36)42-21-13-38(14-22-42)50-32-31-49(60-50)37-11-19-41(20-12-37)58(43-23-15-39(16-24-43)51(53,54)55)45-27-29-47(56-33-45)35-7-3-1-4-8-35/h1-34H. The van der Waals surface area contributed by atoms with Crippen LogP contribution in [-0.2, 0) is 6.18 Å². The van der Waals surface area contributed by atoms with Gasteiger partial charge < -0.3 is 14.2 Å². The lowest BCUT2D eigenvalue weighted by molar-refractivity contribution is -0.137. The maximum atomic E-state index is 14.0. The SMILES string of the molecule is Fc1ccc(N(c2ccc(-c3ccc(-c4ccc(N(c5ccc(C(F)(F)F)cc5)c5ccc(-c6ccccc6)nc5)cc4)o3)cc2)c2ccc(-c3ccccc3)nc2)cc1. The Hall–Kier alpha value is -7.78. The van der Waals surface area contributed by atoms with Gasteiger partial charge in [0.25, 0.3) is 0 Å². The number of benzene rings is 6. The number of hydrogen-bond acceptors (Lipinski definition) is 5. The van der Waals surface area contributed by atoms with Crippen LogP contribution in [0.3, 0.4) is 0 Å². The molecule has 0 amide bonds. The van der Waals surface area contributed by atoms with Crippen LogP contribution in [0.4, 0.5) is 51.7 Å². The van der Waals surface area contributed by atoms with Crippen molar-refractivity contribution in [3.05, 3.63) is 218 Å². The molecule has 0 fully saturated rings. The molecule has 0 radical (unpaired) electrons. The number of aromatic nitrogens is 2. The molecule has 0 saturated heterocycles. The third-order valence-electron chi connectivity index (χ3n) is 10.1. The Bertz CT molecular complexity index is 2810. The zero-order valence-electron chi connectivity index (χ0n) is 31.8. The molecule has 60 heavy (non-hydrogen) atoms. The molecule has 3 heterocycles. The van der Waals surface area contributed by atoms with Crippen LogP contribution >= 0.6 is 0 Å². The average molecular weight is 795 g/mol. The number of rotatable bonds is 10. The molecule has 0 unspecified atom stereocenters. The molecule has 292 valence electrons. The molecule has 0 N–H and O–H groups in total. The first-order valence-electron chi connectivity index (χ1n) is 19.1. The highest BCUT2D eigenvalue weighted by molar-refractivity contribution is 5.80. The van der Waals surface area contributed by atoms with E-state index in [1.807, 2.05) is 162 Å². The minimum atomic E-state index is -4.45. The van der Waals surface area contributed by atoms with Crippen molar-refractivity contribution in [1.29, 1.82) is 0 Å². The predicted molar refractivity (Wildman–Crippen MR) is 230 cm³/mol. The molecule has 3 aromatic heterocycles. The summed E-state index contributed by atoms with van der Waals surface area (Å²) in [7, 11) is 0. The van der Waals surface area contributed by atoms with Crippen molar-refractivity contribution in [1.82, 2.24) is 9.97 Å². The van der Waals surface area contributed by atoms with Gasteiger partial charge in [-0.2, -0.15) is 13.2 Å². The van der Waals surface area contributed by atoms with Crippen molar-refractivity contribution >= 4 is 34.1 Å². The van der Waals surface area contributed by atoms with Crippen LogP contribution in [0, 0.1) is 5.82 Å². The second kappa shape index (κ2) is 16.2. The first kappa shape index (κ1) is 37.8. The van der Waals surface area contributed by atoms with Crippen molar-refractivity contribution < 1.29 is 22.0 Å². The monoisotopic (exact) mass is 794 g/mol. The van der Waals surface area contributed by atoms with Gasteiger partial charge in [-0.05, 0) is 133 Å². The predicted octanol–water partition coefficient (Wildman–Crippen LogP) is 14.8. The van der Waals surface area contributed by atoms with E-state index >= 15 is 0 Å². The van der Waals surface area contributed by atoms with Gasteiger partial charge in [-0.15, -0.1) is 0 Å². The van der Waals surface area contributed by atoms with E-state index in [1.54, 1.807) is 18.3 Å². The molecule has 9 heteroatoms. The van der Waals surface area contributed by atoms with Crippen molar-refractivity contribution in [3.63, 3.8) is 0 Å². The van der Waals surface area contributed by atoms with Gasteiger partial charge in [0.2, 0.25) is 0 Å². The summed E-state index contributed by atoms with van der Waals surface area (Å²) in [6.07, 6.45) is -0.924. The maximum absolute atomic E-state index is 14.0. The molecule has 0 saturated carbocycles. The van der Waals surface area contributed by atoms with Crippen LogP contribution in [0.25, 0.3) is 45.2 Å². The summed E-state index contributed by atoms with van der Waals surface area (Å²) in [5, 5.41) is 0. The van der Waals surface area contributed by atoms with E-state index in [2.05, 4.69) is 4.98 Å². The number of alkyl halides is 3. The van der Waals surface area contributed by atoms with Gasteiger partial charge in [0, 0.05) is 45.0 Å². The van der Waals surface area contributed by atoms with Gasteiger partial charge >= 0.3 is 6.18 Å². The van der Waals surface area contributed by atoms with E-state index in [9.17, 15) is 17.6 Å². The number of nitrogens with zero attached hydrogens (tertiary/aromatic N) is 4. The Kier molecular flexibility index (Phi) is 10.2. The van der Waals surface area contributed by atoms with Gasteiger partial charge in [0.05, 0.1) is 40.7 Å². The Morgan fingerprint density at radius 1 is 0.367 bits per heavy atom. The summed E-state index contributed by atoms with van der Waals surface area (Å²) in [6, 6.07) is 58.3. The second-order valence-electron chi connectivity index (χ2n) is 14.0. The van der Waals surface area contributed by atoms with Gasteiger partial charge in [0.15, 0.2) is 0 Å². The highest BCUT2D eigenvalue weighted by Gasteiger charge is 2.30. The van der Waals surface area contributed by atoms with E-state index in [0.717, 1.165) is 68.5 Å². The normalized spacial score (nSPS) is 11.3. The Balaban J connectivity index is 0.978. The molecule has 9 aromatic rings. The molecule has 5 nitrogen and oxygen atoms in total. The van der Waals surface area contributed by atoms with Crippen LogP contribution in [0.5, 0.6) is 0 Å². The first-order chi connectivity index (χ1) is 29.3. The van der Waals surface area contributed by atoms with Gasteiger partial charge in [-0.3, -0.25) is 9.97 Å². The van der Waals surface area contributed by atoms with Crippen LogP contribution in [-0.4, -0.2) is 9.97 Å². The quantitative estimate of drug-likeness (QED) is 0.129. The molecule has 0 atom stereocenters. The Morgan fingerprint density at radius 2 is 0.733 bits per heavy atom. The van der Waals surface area contributed by atoms with E-state index in [0.29, 0.717) is 22.9 Å². The van der Waals surface area contributed by atoms with Crippen LogP contribution < -0.4 is 9.80 Å². The van der Waals surface area contributed by atoms with Crippen LogP contribution in [0.1, 0.15) is 5.56 Å². The van der Waals surface area contributed by atoms with Crippen LogP contribution in [0.15, 0.2) is 211 Å². The van der Waals surface area contributed by atoms with Crippen molar-refractivity contribution in [3.8, 4) is 45.2 Å². The summed E-state index contributed by atoms with van der Waals surface area (Å²) < 4.78 is 60.8. The highest BCUT2D eigenvalue weighted by atomic mass is 19.4. The maximum Gasteiger partial charge on any atom is 0.416 e. The molecule has 0 bridgehead atoms. The van der Waals surface area contributed by atoms with E-state index in [-0.39, 0.29) is 5.82 Å². The number of halogens is 4. The molecular weight excluding hydrogens is 761 g/mol. The summed E-state index contributed by atoms with van der Waals surface area (Å²) in [4.78, 5) is 13.3. The van der Waals surface area contributed by atoms with Gasteiger partial charge in [0.1, 0.15) is 17.3 Å². The zero-order chi connectivity index (χ0) is 41.1. The lowest BCUT2D eigenvalue weighted by Gasteiger charge is -2.25. The Morgan fingerprint density at radius 3 is 1.10 bits per heavy atom. The lowest BCUT2D eigenvalue weighted by Crippen LogP contribution is -2.11. The number of anilines is 6. The average Bonchev–Trinajstić information content (AvgIpc) is 3.79. The second-order valence-corrected chi connectivity index (χ2v) is 14.0. The number of pyridine rings is 2. The molecule has 0 aliphatic rings. The fraction of sp³-hybridized carbons (Fsp3) is 0.0196. The van der Waals surface area contributed by atoms with E-state index in [4.69, 9.17) is 9.40 Å². The minimum absolute atomic E-state index is 0.322. The summed E-state index contributed by atoms with van der Waals surface area (Å²) in [5.41, 5.74) is 8.95. The van der Waals surface area contributed by atoms with Crippen molar-refractivity contribution in [2.75, 3.05) is 9.80 Å². The van der Waals surface area contributed by atoms with Crippen molar-refractivity contribution in [2.45, 2.75) is 6.18 Å². The fourth-order valence-electron chi connectivity index (χ4n) is 7.08. The summed E-state index contributed by atoms with van der Waals surface area (Å²) in [5.74, 6) is 0.990. The summed E-state index contributed by atoms with van der Waals surface area (Å²) in [6.45, 7) is 0.